The molecule has 0 spiro atoms. The van der Waals surface area contributed by atoms with Gasteiger partial charge in [0.15, 0.2) is 7.14 Å². The summed E-state index contributed by atoms with van der Waals surface area (Å²) in [6, 6.07) is 63.8. The number of aromatic nitrogens is 1. The molecule has 0 saturated carbocycles. The van der Waals surface area contributed by atoms with E-state index in [2.05, 4.69) is 28.8 Å². The van der Waals surface area contributed by atoms with Gasteiger partial charge in [0.05, 0.1) is 10.9 Å². The van der Waals surface area contributed by atoms with Crippen LogP contribution in [0.25, 0.3) is 43.6 Å². The Bertz CT molecular complexity index is 3430. The Hall–Kier alpha value is -7.25. The van der Waals surface area contributed by atoms with E-state index in [9.17, 15) is 13.2 Å². The van der Waals surface area contributed by atoms with Gasteiger partial charge in [-0.25, -0.2) is 4.79 Å². The zero-order valence-electron chi connectivity index (χ0n) is 33.5. The van der Waals surface area contributed by atoms with E-state index in [4.69, 9.17) is 8.60 Å². The van der Waals surface area contributed by atoms with Gasteiger partial charge in [-0.15, -0.1) is 0 Å². The fourth-order valence-corrected chi connectivity index (χ4v) is 12.6. The first-order valence-electron chi connectivity index (χ1n) is 20.2. The summed E-state index contributed by atoms with van der Waals surface area (Å²) in [5.41, 5.74) is 3.65. The third-order valence-corrected chi connectivity index (χ3v) is 16.0. The molecule has 0 radical (unpaired) electrons. The summed E-state index contributed by atoms with van der Waals surface area (Å²) in [5, 5.41) is 4.06. The molecule has 0 bridgehead atoms. The van der Waals surface area contributed by atoms with E-state index < -0.39 is 34.7 Å². The monoisotopic (exact) mass is 847 g/mol. The van der Waals surface area contributed by atoms with Crippen molar-refractivity contribution in [3.63, 3.8) is 0 Å². The average Bonchev–Trinajstić information content (AvgIpc) is 3.60. The minimum atomic E-state index is -4.66. The van der Waals surface area contributed by atoms with Crippen molar-refractivity contribution in [3.8, 4) is 17.1 Å². The minimum absolute atomic E-state index is 0.0831. The standard InChI is InChI=1S/C53H38NO6PS/c1-54-46-31-17-16-30-44(46)49(51(54)48(37-20-6-2-7-21-37)38-22-8-3-9-23-38)50-45-35-41(61(56,39-25-10-4-11-26-39)40-27-12-5-13-28-40)33-34-43(45)52(55)59-53(50)60-62(57,58)47-32-18-24-36-19-14-15-29-42(36)47/h2-35,48H,1H3. The van der Waals surface area contributed by atoms with Crippen molar-refractivity contribution in [1.29, 1.82) is 0 Å². The van der Waals surface area contributed by atoms with Crippen LogP contribution in [0.1, 0.15) is 22.7 Å². The third-order valence-electron chi connectivity index (χ3n) is 11.6. The van der Waals surface area contributed by atoms with Gasteiger partial charge in [-0.05, 0) is 46.8 Å². The van der Waals surface area contributed by atoms with Gasteiger partial charge in [0.25, 0.3) is 0 Å². The van der Waals surface area contributed by atoms with Gasteiger partial charge < -0.3 is 17.7 Å². The molecular weight excluding hydrogens is 810 g/mol. The van der Waals surface area contributed by atoms with Crippen LogP contribution in [0.15, 0.2) is 220 Å². The van der Waals surface area contributed by atoms with Gasteiger partial charge >= 0.3 is 21.7 Å². The molecule has 9 heteroatoms. The fraction of sp³-hybridized carbons (Fsp3) is 0.0377. The van der Waals surface area contributed by atoms with Crippen LogP contribution in [0, 0.1) is 0 Å². The van der Waals surface area contributed by atoms with Crippen molar-refractivity contribution < 1.29 is 21.6 Å². The number of para-hydroxylation sites is 1. The minimum Gasteiger partial charge on any atom is -0.388 e. The fourth-order valence-electron chi connectivity index (χ4n) is 8.80. The van der Waals surface area contributed by atoms with Crippen LogP contribution < -0.4 is 25.7 Å². The van der Waals surface area contributed by atoms with Crippen LogP contribution >= 0.6 is 7.14 Å². The Morgan fingerprint density at radius 2 is 1.06 bits per heavy atom. The molecule has 0 aliphatic heterocycles. The van der Waals surface area contributed by atoms with Gasteiger partial charge in [0.1, 0.15) is 4.90 Å². The lowest BCUT2D eigenvalue weighted by Gasteiger charge is -2.23. The number of hydrogen-bond donors (Lipinski definition) is 0. The molecule has 0 aliphatic rings. The molecule has 302 valence electrons. The second kappa shape index (κ2) is 15.7. The van der Waals surface area contributed by atoms with E-state index in [0.29, 0.717) is 37.6 Å². The van der Waals surface area contributed by atoms with Gasteiger partial charge in [-0.1, -0.05) is 176 Å². The zero-order valence-corrected chi connectivity index (χ0v) is 35.2. The highest BCUT2D eigenvalue weighted by atomic mass is 32.2. The van der Waals surface area contributed by atoms with E-state index in [0.717, 1.165) is 27.7 Å². The highest BCUT2D eigenvalue weighted by molar-refractivity contribution is 7.87. The molecule has 0 N–H and O–H groups in total. The molecule has 8 aromatic carbocycles. The topological polar surface area (TPSA) is 95.6 Å². The Morgan fingerprint density at radius 3 is 1.69 bits per heavy atom. The highest BCUT2D eigenvalue weighted by Crippen LogP contribution is 2.50. The van der Waals surface area contributed by atoms with Crippen LogP contribution in [-0.2, 0) is 21.7 Å². The summed E-state index contributed by atoms with van der Waals surface area (Å²) in [6.07, 6.45) is 0. The molecule has 10 rings (SSSR count). The molecule has 0 unspecified atom stereocenters. The van der Waals surface area contributed by atoms with Crippen LogP contribution in [0.5, 0.6) is 5.95 Å². The summed E-state index contributed by atoms with van der Waals surface area (Å²) < 4.78 is 59.8. The van der Waals surface area contributed by atoms with Crippen LogP contribution in [0.4, 0.5) is 0 Å². The maximum atomic E-state index is 15.9. The molecule has 7 nitrogen and oxygen atoms in total. The predicted octanol–water partition coefficient (Wildman–Crippen LogP) is 10.7. The lowest BCUT2D eigenvalue weighted by atomic mass is 9.84. The number of fused-ring (bicyclic) bond motifs is 3. The van der Waals surface area contributed by atoms with E-state index in [1.807, 2.05) is 147 Å². The summed E-state index contributed by atoms with van der Waals surface area (Å²) in [6.45, 7) is 0. The second-order valence-electron chi connectivity index (χ2n) is 15.2. The zero-order chi connectivity index (χ0) is 42.4. The lowest BCUT2D eigenvalue weighted by molar-refractivity contribution is 0.364. The molecule has 0 aliphatic carbocycles. The first-order chi connectivity index (χ1) is 30.2. The first-order valence-corrected chi connectivity index (χ1v) is 23.3. The Labute approximate surface area is 358 Å². The first kappa shape index (κ1) is 38.9. The number of nitrogens with zero attached hydrogens (tertiary/aromatic N) is 1. The van der Waals surface area contributed by atoms with Gasteiger partial charge in [0.2, 0.25) is 0 Å². The summed E-state index contributed by atoms with van der Waals surface area (Å²) in [4.78, 5) is 14.3. The SMILES string of the molecule is Cn1c(C(c2ccccc2)c2ccccc2)c(-c2c(OS(=O)(=O)c3cccc4ccccc34)oc(=O)c3ccc(P(=O)(c4ccccc4)c4ccccc4)cc23)c2ccccc21. The lowest BCUT2D eigenvalue weighted by Crippen LogP contribution is -2.25. The smallest absolute Gasteiger partial charge is 0.346 e. The summed E-state index contributed by atoms with van der Waals surface area (Å²) in [5.74, 6) is -0.892. The van der Waals surface area contributed by atoms with Crippen molar-refractivity contribution >= 4 is 65.6 Å². The van der Waals surface area contributed by atoms with Gasteiger partial charge in [-0.2, -0.15) is 8.42 Å². The Kier molecular flexibility index (Phi) is 9.83. The molecule has 0 amide bonds. The third kappa shape index (κ3) is 6.56. The molecule has 0 atom stereocenters. The van der Waals surface area contributed by atoms with Crippen molar-refractivity contribution in [2.45, 2.75) is 10.8 Å². The van der Waals surface area contributed by atoms with E-state index in [-0.39, 0.29) is 15.8 Å². The molecule has 0 fully saturated rings. The normalized spacial score (nSPS) is 12.0. The van der Waals surface area contributed by atoms with Gasteiger partial charge in [-0.3, -0.25) is 0 Å². The maximum absolute atomic E-state index is 15.9. The molecule has 0 saturated heterocycles. The van der Waals surface area contributed by atoms with Crippen LogP contribution in [0.3, 0.4) is 0 Å². The van der Waals surface area contributed by atoms with Crippen molar-refractivity contribution in [2.24, 2.45) is 7.05 Å². The second-order valence-corrected chi connectivity index (χ2v) is 19.5. The molecule has 2 aromatic heterocycles. The number of hydrogen-bond acceptors (Lipinski definition) is 6. The maximum Gasteiger partial charge on any atom is 0.346 e. The highest BCUT2D eigenvalue weighted by Gasteiger charge is 2.35. The number of rotatable bonds is 10. The van der Waals surface area contributed by atoms with Gasteiger partial charge in [0, 0.05) is 61.8 Å². The Morgan fingerprint density at radius 1 is 0.532 bits per heavy atom. The van der Waals surface area contributed by atoms with Crippen LogP contribution in [-0.4, -0.2) is 13.0 Å². The average molecular weight is 848 g/mol. The number of aryl methyl sites for hydroxylation is 1. The summed E-state index contributed by atoms with van der Waals surface area (Å²) >= 11 is 0. The quantitative estimate of drug-likeness (QED) is 0.100. The predicted molar refractivity (Wildman–Crippen MR) is 249 cm³/mol. The van der Waals surface area contributed by atoms with Crippen molar-refractivity contribution in [3.05, 3.63) is 233 Å². The molecular formula is C53H38NO6PS. The molecule has 62 heavy (non-hydrogen) atoms. The van der Waals surface area contributed by atoms with Crippen molar-refractivity contribution in [2.75, 3.05) is 0 Å². The van der Waals surface area contributed by atoms with E-state index in [1.165, 1.54) is 6.07 Å². The largest absolute Gasteiger partial charge is 0.388 e. The van der Waals surface area contributed by atoms with Crippen molar-refractivity contribution in [1.82, 2.24) is 4.57 Å². The van der Waals surface area contributed by atoms with E-state index in [1.54, 1.807) is 36.4 Å². The van der Waals surface area contributed by atoms with E-state index >= 15 is 4.57 Å². The van der Waals surface area contributed by atoms with Crippen LogP contribution in [0.2, 0.25) is 0 Å². The molecule has 10 aromatic rings. The number of benzene rings is 8. The Balaban J connectivity index is 1.35. The molecule has 2 heterocycles. The summed E-state index contributed by atoms with van der Waals surface area (Å²) in [7, 11) is -6.28.